The minimum absolute atomic E-state index is 0.00950. The molecule has 1 saturated heterocycles. The van der Waals surface area contributed by atoms with Crippen molar-refractivity contribution in [3.8, 4) is 0 Å². The Bertz CT molecular complexity index is 1370. The molecule has 3 rings (SSSR count). The molecule has 45 heavy (non-hydrogen) atoms. The summed E-state index contributed by atoms with van der Waals surface area (Å²) in [5.74, 6) is -3.73. The maximum absolute atomic E-state index is 13.6. The smallest absolute Gasteiger partial charge is 0.264 e. The van der Waals surface area contributed by atoms with Crippen LogP contribution in [-0.2, 0) is 28.7 Å². The second kappa shape index (κ2) is 13.0. The van der Waals surface area contributed by atoms with Crippen molar-refractivity contribution in [2.45, 2.75) is 112 Å². The molecule has 12 heteroatoms. The molecular weight excluding hydrogens is 580 g/mol. The van der Waals surface area contributed by atoms with Gasteiger partial charge in [0, 0.05) is 6.42 Å². The van der Waals surface area contributed by atoms with Crippen LogP contribution in [0.4, 0.5) is 5.69 Å². The molecule has 2 heterocycles. The molecule has 0 spiro atoms. The molecule has 248 valence electrons. The first kappa shape index (κ1) is 35.8. The minimum Gasteiger partial charge on any atom is -0.375 e. The average molecular weight is 629 g/mol. The number of carbonyl (C=O) groups is 6. The SMILES string of the molecule is CC(C)(CCOC(C)(C)C(C)(C)C)OCC(=O)N[C@H](C(=O)Nc1cccc2c1C(=O)N(C1CCC(=O)NC1=O)C2=O)C(C)(C)C. The fourth-order valence-corrected chi connectivity index (χ4v) is 4.80. The number of carbonyl (C=O) groups excluding carboxylic acids is 6. The lowest BCUT2D eigenvalue weighted by Gasteiger charge is -2.39. The van der Waals surface area contributed by atoms with Crippen LogP contribution in [0.15, 0.2) is 18.2 Å². The largest absolute Gasteiger partial charge is 0.375 e. The van der Waals surface area contributed by atoms with E-state index in [0.717, 1.165) is 4.90 Å². The van der Waals surface area contributed by atoms with Gasteiger partial charge < -0.3 is 20.1 Å². The van der Waals surface area contributed by atoms with Crippen LogP contribution in [0.1, 0.15) is 109 Å². The number of piperidine rings is 1. The molecule has 0 bridgehead atoms. The van der Waals surface area contributed by atoms with Crippen LogP contribution in [0.3, 0.4) is 0 Å². The van der Waals surface area contributed by atoms with E-state index in [9.17, 15) is 28.8 Å². The quantitative estimate of drug-likeness (QED) is 0.314. The number of imide groups is 2. The molecule has 1 unspecified atom stereocenters. The van der Waals surface area contributed by atoms with Gasteiger partial charge in [-0.1, -0.05) is 47.6 Å². The Morgan fingerprint density at radius 3 is 2.18 bits per heavy atom. The van der Waals surface area contributed by atoms with Gasteiger partial charge in [-0.15, -0.1) is 0 Å². The Labute approximate surface area is 265 Å². The van der Waals surface area contributed by atoms with Crippen molar-refractivity contribution in [3.63, 3.8) is 0 Å². The number of rotatable bonds is 11. The second-order valence-electron chi connectivity index (χ2n) is 14.9. The molecule has 0 saturated carbocycles. The maximum Gasteiger partial charge on any atom is 0.264 e. The van der Waals surface area contributed by atoms with Crippen molar-refractivity contribution in [2.24, 2.45) is 10.8 Å². The molecule has 2 atom stereocenters. The number of hydrogen-bond donors (Lipinski definition) is 3. The van der Waals surface area contributed by atoms with Gasteiger partial charge in [-0.05, 0) is 63.5 Å². The molecule has 1 fully saturated rings. The van der Waals surface area contributed by atoms with E-state index >= 15 is 0 Å². The molecule has 0 aliphatic carbocycles. The van der Waals surface area contributed by atoms with Crippen molar-refractivity contribution in [1.82, 2.24) is 15.5 Å². The summed E-state index contributed by atoms with van der Waals surface area (Å²) in [6.45, 7) is 19.7. The highest BCUT2D eigenvalue weighted by atomic mass is 16.5. The highest BCUT2D eigenvalue weighted by Crippen LogP contribution is 2.34. The maximum atomic E-state index is 13.6. The number of hydrogen-bond acceptors (Lipinski definition) is 8. The van der Waals surface area contributed by atoms with Crippen molar-refractivity contribution in [3.05, 3.63) is 29.3 Å². The highest BCUT2D eigenvalue weighted by molar-refractivity contribution is 6.26. The van der Waals surface area contributed by atoms with Crippen molar-refractivity contribution >= 4 is 41.1 Å². The van der Waals surface area contributed by atoms with E-state index in [1.807, 2.05) is 27.7 Å². The fourth-order valence-electron chi connectivity index (χ4n) is 4.80. The lowest BCUT2D eigenvalue weighted by molar-refractivity contribution is -0.139. The first-order chi connectivity index (χ1) is 20.6. The predicted octanol–water partition coefficient (Wildman–Crippen LogP) is 3.58. The summed E-state index contributed by atoms with van der Waals surface area (Å²) in [6, 6.07) is 2.27. The Morgan fingerprint density at radius 2 is 1.60 bits per heavy atom. The van der Waals surface area contributed by atoms with E-state index in [1.165, 1.54) is 18.2 Å². The van der Waals surface area contributed by atoms with E-state index in [0.29, 0.717) is 13.0 Å². The molecule has 2 aliphatic heterocycles. The van der Waals surface area contributed by atoms with Crippen LogP contribution in [0.5, 0.6) is 0 Å². The molecule has 12 nitrogen and oxygen atoms in total. The third-order valence-corrected chi connectivity index (χ3v) is 8.73. The molecule has 6 amide bonds. The minimum atomic E-state index is -1.14. The molecule has 0 aromatic heterocycles. The zero-order chi connectivity index (χ0) is 34.1. The number of nitrogens with zero attached hydrogens (tertiary/aromatic N) is 1. The van der Waals surface area contributed by atoms with Gasteiger partial charge in [0.05, 0.1) is 34.6 Å². The molecule has 2 aliphatic rings. The van der Waals surface area contributed by atoms with Gasteiger partial charge in [-0.2, -0.15) is 0 Å². The predicted molar refractivity (Wildman–Crippen MR) is 167 cm³/mol. The number of benzene rings is 1. The summed E-state index contributed by atoms with van der Waals surface area (Å²) in [5, 5.41) is 7.62. The summed E-state index contributed by atoms with van der Waals surface area (Å²) in [7, 11) is 0. The number of anilines is 1. The van der Waals surface area contributed by atoms with Crippen LogP contribution in [0, 0.1) is 10.8 Å². The van der Waals surface area contributed by atoms with Crippen molar-refractivity contribution in [1.29, 1.82) is 0 Å². The zero-order valence-corrected chi connectivity index (χ0v) is 28.1. The molecular formula is C33H48N4O8. The van der Waals surface area contributed by atoms with Gasteiger partial charge >= 0.3 is 0 Å². The molecule has 1 aromatic carbocycles. The monoisotopic (exact) mass is 628 g/mol. The molecule has 0 radical (unpaired) electrons. The fraction of sp³-hybridized carbons (Fsp3) is 0.636. The Balaban J connectivity index is 1.68. The Morgan fingerprint density at radius 1 is 0.956 bits per heavy atom. The summed E-state index contributed by atoms with van der Waals surface area (Å²) in [4.78, 5) is 78.1. The van der Waals surface area contributed by atoms with Gasteiger partial charge in [0.2, 0.25) is 23.6 Å². The second-order valence-corrected chi connectivity index (χ2v) is 14.9. The summed E-state index contributed by atoms with van der Waals surface area (Å²) < 4.78 is 12.0. The third kappa shape index (κ3) is 8.35. The van der Waals surface area contributed by atoms with Crippen LogP contribution in [0.2, 0.25) is 0 Å². The average Bonchev–Trinajstić information content (AvgIpc) is 3.15. The summed E-state index contributed by atoms with van der Waals surface area (Å²) >= 11 is 0. The van der Waals surface area contributed by atoms with E-state index in [2.05, 4.69) is 36.7 Å². The van der Waals surface area contributed by atoms with Gasteiger partial charge in [0.1, 0.15) is 18.7 Å². The van der Waals surface area contributed by atoms with Gasteiger partial charge in [0.25, 0.3) is 11.8 Å². The highest BCUT2D eigenvalue weighted by Gasteiger charge is 2.46. The number of amides is 6. The van der Waals surface area contributed by atoms with Gasteiger partial charge in [-0.3, -0.25) is 39.0 Å². The van der Waals surface area contributed by atoms with E-state index in [1.54, 1.807) is 20.8 Å². The summed E-state index contributed by atoms with van der Waals surface area (Å²) in [5.41, 5.74) is -1.77. The number of nitrogens with one attached hydrogen (secondary N) is 3. The Hall–Kier alpha value is -3.64. The standard InChI is InChI=1S/C33H48N4O8/c1-30(2,3)25(35-23(39)18-45-32(7,8)16-17-44-33(9,10)31(4,5)6)27(41)34-20-13-11-12-19-24(20)29(43)37(28(19)42)21-14-15-22(38)36-26(21)40/h11-13,21,25H,14-18H2,1-10H3,(H,34,41)(H,35,39)(H,36,38,40)/t21?,25-/m1/s1. The van der Waals surface area contributed by atoms with Crippen LogP contribution >= 0.6 is 0 Å². The lowest BCUT2D eigenvalue weighted by atomic mass is 9.79. The molecule has 3 N–H and O–H groups in total. The molecule has 1 aromatic rings. The van der Waals surface area contributed by atoms with Gasteiger partial charge in [-0.25, -0.2) is 0 Å². The van der Waals surface area contributed by atoms with Crippen molar-refractivity contribution < 1.29 is 38.2 Å². The van der Waals surface area contributed by atoms with E-state index in [4.69, 9.17) is 9.47 Å². The van der Waals surface area contributed by atoms with Crippen LogP contribution in [0.25, 0.3) is 0 Å². The van der Waals surface area contributed by atoms with E-state index in [-0.39, 0.29) is 47.3 Å². The zero-order valence-electron chi connectivity index (χ0n) is 28.1. The van der Waals surface area contributed by atoms with Crippen LogP contribution in [-0.4, -0.2) is 76.8 Å². The first-order valence-electron chi connectivity index (χ1n) is 15.3. The first-order valence-corrected chi connectivity index (χ1v) is 15.3. The van der Waals surface area contributed by atoms with Gasteiger partial charge in [0.15, 0.2) is 0 Å². The number of fused-ring (bicyclic) bond motifs is 1. The summed E-state index contributed by atoms with van der Waals surface area (Å²) in [6.07, 6.45) is 0.547. The van der Waals surface area contributed by atoms with Crippen molar-refractivity contribution in [2.75, 3.05) is 18.5 Å². The topological polar surface area (TPSA) is 160 Å². The lowest BCUT2D eigenvalue weighted by Crippen LogP contribution is -2.54. The normalized spacial score (nSPS) is 18.4. The number of ether oxygens (including phenoxy) is 2. The Kier molecular flexibility index (Phi) is 10.3. The van der Waals surface area contributed by atoms with E-state index < -0.39 is 58.5 Å². The third-order valence-electron chi connectivity index (χ3n) is 8.73. The van der Waals surface area contributed by atoms with Crippen LogP contribution < -0.4 is 16.0 Å².